The number of H-pyrrole nitrogens is 1. The number of nitrogens with zero attached hydrogens (tertiary/aromatic N) is 3. The third-order valence-corrected chi connectivity index (χ3v) is 3.82. The van der Waals surface area contributed by atoms with Gasteiger partial charge in [-0.2, -0.15) is 0 Å². The quantitative estimate of drug-likeness (QED) is 0.912. The number of nitrogens with one attached hydrogen (secondary N) is 1. The fourth-order valence-electron chi connectivity index (χ4n) is 2.91. The number of amides is 1. The van der Waals surface area contributed by atoms with E-state index in [0.29, 0.717) is 12.3 Å². The third-order valence-electron chi connectivity index (χ3n) is 3.82. The van der Waals surface area contributed by atoms with Crippen molar-refractivity contribution in [1.29, 1.82) is 0 Å². The summed E-state index contributed by atoms with van der Waals surface area (Å²) in [6, 6.07) is 9.90. The van der Waals surface area contributed by atoms with Crippen LogP contribution in [0.1, 0.15) is 12.2 Å². The van der Waals surface area contributed by atoms with Gasteiger partial charge in [0.2, 0.25) is 5.91 Å². The van der Waals surface area contributed by atoms with Crippen LogP contribution < -0.4 is 4.90 Å². The van der Waals surface area contributed by atoms with Crippen molar-refractivity contribution in [1.82, 2.24) is 14.9 Å². The van der Waals surface area contributed by atoms with Crippen LogP contribution in [0.5, 0.6) is 0 Å². The molecule has 1 atom stereocenters. The van der Waals surface area contributed by atoms with E-state index in [1.54, 1.807) is 6.20 Å². The molecule has 0 bridgehead atoms. The molecule has 0 radical (unpaired) electrons. The average molecular weight is 284 g/mol. The summed E-state index contributed by atoms with van der Waals surface area (Å²) in [6.07, 6.45) is 4.22. The molecule has 1 aliphatic rings. The molecule has 1 aromatic carbocycles. The molecule has 1 fully saturated rings. The first-order valence-corrected chi connectivity index (χ1v) is 7.24. The highest BCUT2D eigenvalue weighted by molar-refractivity contribution is 5.95. The Kier molecular flexibility index (Phi) is 4.01. The molecule has 3 rings (SSSR count). The number of anilines is 1. The van der Waals surface area contributed by atoms with Crippen LogP contribution in [0.2, 0.25) is 0 Å². The highest BCUT2D eigenvalue weighted by atomic mass is 16.2. The van der Waals surface area contributed by atoms with Crippen LogP contribution in [0.25, 0.3) is 0 Å². The summed E-state index contributed by atoms with van der Waals surface area (Å²) in [5.74, 6) is 1.55. The van der Waals surface area contributed by atoms with E-state index in [1.807, 2.05) is 41.4 Å². The molecule has 2 aromatic rings. The topological polar surface area (TPSA) is 52.2 Å². The summed E-state index contributed by atoms with van der Waals surface area (Å²) in [6.45, 7) is 2.48. The minimum Gasteiger partial charge on any atom is -0.348 e. The van der Waals surface area contributed by atoms with Gasteiger partial charge in [-0.05, 0) is 25.1 Å². The molecule has 1 amide bonds. The number of rotatable bonds is 5. The number of benzene rings is 1. The average Bonchev–Trinajstić information content (AvgIpc) is 3.09. The maximum absolute atomic E-state index is 12.2. The maximum Gasteiger partial charge on any atom is 0.227 e. The molecule has 0 unspecified atom stereocenters. The van der Waals surface area contributed by atoms with Gasteiger partial charge in [-0.15, -0.1) is 0 Å². The molecule has 2 heterocycles. The fourth-order valence-corrected chi connectivity index (χ4v) is 2.91. The second-order valence-electron chi connectivity index (χ2n) is 5.64. The number of aromatic amines is 1. The van der Waals surface area contributed by atoms with Crippen molar-refractivity contribution in [2.45, 2.75) is 13.0 Å². The molecule has 0 saturated carbocycles. The zero-order valence-corrected chi connectivity index (χ0v) is 12.2. The molecule has 1 N–H and O–H groups in total. The van der Waals surface area contributed by atoms with E-state index in [0.717, 1.165) is 31.1 Å². The van der Waals surface area contributed by atoms with Gasteiger partial charge in [0.1, 0.15) is 5.82 Å². The zero-order chi connectivity index (χ0) is 14.7. The highest BCUT2D eigenvalue weighted by Crippen LogP contribution is 2.25. The number of aromatic nitrogens is 2. The number of hydrogen-bond acceptors (Lipinski definition) is 3. The highest BCUT2D eigenvalue weighted by Gasteiger charge is 2.31. The monoisotopic (exact) mass is 284 g/mol. The summed E-state index contributed by atoms with van der Waals surface area (Å²) in [7, 11) is 2.07. The van der Waals surface area contributed by atoms with Gasteiger partial charge in [0.15, 0.2) is 0 Å². The Bertz CT molecular complexity index is 582. The SMILES string of the molecule is CN(Cc1ncc[nH]1)C[C@H]1CC(=O)N(c2ccccc2)C1. The van der Waals surface area contributed by atoms with Gasteiger partial charge in [-0.1, -0.05) is 18.2 Å². The molecule has 1 aliphatic heterocycles. The summed E-state index contributed by atoms with van der Waals surface area (Å²) in [4.78, 5) is 23.6. The van der Waals surface area contributed by atoms with Gasteiger partial charge in [-0.3, -0.25) is 9.69 Å². The van der Waals surface area contributed by atoms with Gasteiger partial charge in [0.05, 0.1) is 6.54 Å². The first-order chi connectivity index (χ1) is 10.2. The second kappa shape index (κ2) is 6.10. The summed E-state index contributed by atoms with van der Waals surface area (Å²) >= 11 is 0. The van der Waals surface area contributed by atoms with E-state index < -0.39 is 0 Å². The Morgan fingerprint density at radius 3 is 2.90 bits per heavy atom. The van der Waals surface area contributed by atoms with Gasteiger partial charge in [0.25, 0.3) is 0 Å². The van der Waals surface area contributed by atoms with Crippen molar-refractivity contribution in [2.75, 3.05) is 25.0 Å². The van der Waals surface area contributed by atoms with Gasteiger partial charge in [0, 0.05) is 37.6 Å². The number of carbonyl (C=O) groups is 1. The third kappa shape index (κ3) is 3.31. The van der Waals surface area contributed by atoms with Crippen molar-refractivity contribution in [3.63, 3.8) is 0 Å². The van der Waals surface area contributed by atoms with Crippen LogP contribution in [-0.2, 0) is 11.3 Å². The van der Waals surface area contributed by atoms with Crippen LogP contribution in [0.4, 0.5) is 5.69 Å². The molecule has 5 heteroatoms. The van der Waals surface area contributed by atoms with E-state index >= 15 is 0 Å². The van der Waals surface area contributed by atoms with E-state index in [2.05, 4.69) is 21.9 Å². The van der Waals surface area contributed by atoms with E-state index in [-0.39, 0.29) is 5.91 Å². The normalized spacial score (nSPS) is 18.7. The number of carbonyl (C=O) groups excluding carboxylic acids is 1. The van der Waals surface area contributed by atoms with Crippen LogP contribution in [-0.4, -0.2) is 40.9 Å². The molecule has 1 saturated heterocycles. The molecule has 0 aliphatic carbocycles. The van der Waals surface area contributed by atoms with Crippen LogP contribution >= 0.6 is 0 Å². The zero-order valence-electron chi connectivity index (χ0n) is 12.2. The van der Waals surface area contributed by atoms with Crippen molar-refractivity contribution >= 4 is 11.6 Å². The summed E-state index contributed by atoms with van der Waals surface area (Å²) < 4.78 is 0. The number of hydrogen-bond donors (Lipinski definition) is 1. The molecular weight excluding hydrogens is 264 g/mol. The summed E-state index contributed by atoms with van der Waals surface area (Å²) in [5.41, 5.74) is 0.999. The number of para-hydroxylation sites is 1. The Hall–Kier alpha value is -2.14. The van der Waals surface area contributed by atoms with Crippen LogP contribution in [0.3, 0.4) is 0 Å². The minimum atomic E-state index is 0.220. The minimum absolute atomic E-state index is 0.220. The van der Waals surface area contributed by atoms with Crippen molar-refractivity contribution in [2.24, 2.45) is 5.92 Å². The van der Waals surface area contributed by atoms with E-state index in [4.69, 9.17) is 0 Å². The van der Waals surface area contributed by atoms with Crippen molar-refractivity contribution in [3.8, 4) is 0 Å². The first-order valence-electron chi connectivity index (χ1n) is 7.24. The summed E-state index contributed by atoms with van der Waals surface area (Å²) in [5, 5.41) is 0. The second-order valence-corrected chi connectivity index (χ2v) is 5.64. The first kappa shape index (κ1) is 13.8. The molecule has 110 valence electrons. The Labute approximate surface area is 124 Å². The largest absolute Gasteiger partial charge is 0.348 e. The lowest BCUT2D eigenvalue weighted by atomic mass is 10.1. The Balaban J connectivity index is 1.57. The van der Waals surface area contributed by atoms with Gasteiger partial charge in [-0.25, -0.2) is 4.98 Å². The molecule has 1 aromatic heterocycles. The fraction of sp³-hybridized carbons (Fsp3) is 0.375. The van der Waals surface area contributed by atoms with E-state index in [1.165, 1.54) is 0 Å². The van der Waals surface area contributed by atoms with E-state index in [9.17, 15) is 4.79 Å². The predicted molar refractivity (Wildman–Crippen MR) is 81.8 cm³/mol. The van der Waals surface area contributed by atoms with Crippen molar-refractivity contribution < 1.29 is 4.79 Å². The standard InChI is InChI=1S/C16H20N4O/c1-19(12-15-17-7-8-18-15)10-13-9-16(21)20(11-13)14-5-3-2-4-6-14/h2-8,13H,9-12H2,1H3,(H,17,18)/t13-/m1/s1. The maximum atomic E-state index is 12.2. The Morgan fingerprint density at radius 2 is 2.19 bits per heavy atom. The Morgan fingerprint density at radius 1 is 1.38 bits per heavy atom. The molecular formula is C16H20N4O. The van der Waals surface area contributed by atoms with Crippen molar-refractivity contribution in [3.05, 3.63) is 48.5 Å². The lowest BCUT2D eigenvalue weighted by molar-refractivity contribution is -0.117. The van der Waals surface area contributed by atoms with Gasteiger partial charge < -0.3 is 9.88 Å². The lowest BCUT2D eigenvalue weighted by Gasteiger charge is -2.20. The molecule has 5 nitrogen and oxygen atoms in total. The predicted octanol–water partition coefficient (Wildman–Crippen LogP) is 1.89. The van der Waals surface area contributed by atoms with Crippen LogP contribution in [0.15, 0.2) is 42.7 Å². The number of imidazole rings is 1. The molecule has 0 spiro atoms. The van der Waals surface area contributed by atoms with Crippen LogP contribution in [0, 0.1) is 5.92 Å². The lowest BCUT2D eigenvalue weighted by Crippen LogP contribution is -2.29. The molecule has 21 heavy (non-hydrogen) atoms. The van der Waals surface area contributed by atoms with Gasteiger partial charge >= 0.3 is 0 Å². The smallest absolute Gasteiger partial charge is 0.227 e.